The first-order chi connectivity index (χ1) is 6.78. The molecule has 74 valence electrons. The summed E-state index contributed by atoms with van der Waals surface area (Å²) in [5, 5.41) is 7.87. The Labute approximate surface area is 80.7 Å². The zero-order chi connectivity index (χ0) is 9.97. The van der Waals surface area contributed by atoms with E-state index in [1.165, 1.54) is 0 Å². The average Bonchev–Trinajstić information content (AvgIpc) is 2.76. The second-order valence-corrected chi connectivity index (χ2v) is 3.02. The van der Waals surface area contributed by atoms with Crippen LogP contribution in [0.25, 0.3) is 0 Å². The Morgan fingerprint density at radius 1 is 1.57 bits per heavy atom. The van der Waals surface area contributed by atoms with Gasteiger partial charge in [-0.3, -0.25) is 4.68 Å². The van der Waals surface area contributed by atoms with Gasteiger partial charge >= 0.3 is 0 Å². The van der Waals surface area contributed by atoms with E-state index in [1.54, 1.807) is 10.9 Å². The van der Waals surface area contributed by atoms with Crippen LogP contribution in [0.3, 0.4) is 0 Å². The van der Waals surface area contributed by atoms with Crippen molar-refractivity contribution in [3.63, 3.8) is 0 Å². The highest BCUT2D eigenvalue weighted by Crippen LogP contribution is 2.00. The van der Waals surface area contributed by atoms with Crippen molar-refractivity contribution in [3.8, 4) is 0 Å². The van der Waals surface area contributed by atoms with E-state index >= 15 is 0 Å². The molecule has 6 heteroatoms. The van der Waals surface area contributed by atoms with Gasteiger partial charge in [-0.25, -0.2) is 0 Å². The van der Waals surface area contributed by atoms with E-state index in [-0.39, 0.29) is 6.54 Å². The molecule has 0 bridgehead atoms. The lowest BCUT2D eigenvalue weighted by molar-refractivity contribution is 0.373. The van der Waals surface area contributed by atoms with Crippen molar-refractivity contribution < 1.29 is 4.52 Å². The summed E-state index contributed by atoms with van der Waals surface area (Å²) in [7, 11) is 0. The minimum atomic E-state index is 0.269. The third-order valence-electron chi connectivity index (χ3n) is 1.75. The molecular formula is C8H11N5O. The number of nitrogens with zero attached hydrogens (tertiary/aromatic N) is 4. The maximum absolute atomic E-state index is 5.34. The Hall–Kier alpha value is -1.69. The Bertz CT molecular complexity index is 419. The number of hydrogen-bond donors (Lipinski definition) is 1. The number of aromatic nitrogens is 4. The fourth-order valence-electron chi connectivity index (χ4n) is 1.14. The largest absolute Gasteiger partial charge is 0.338 e. The van der Waals surface area contributed by atoms with Crippen LogP contribution in [0.2, 0.25) is 0 Å². The van der Waals surface area contributed by atoms with Gasteiger partial charge in [0.25, 0.3) is 0 Å². The Morgan fingerprint density at radius 2 is 2.43 bits per heavy atom. The molecule has 14 heavy (non-hydrogen) atoms. The minimum Gasteiger partial charge on any atom is -0.338 e. The van der Waals surface area contributed by atoms with Gasteiger partial charge in [0.1, 0.15) is 6.54 Å². The van der Waals surface area contributed by atoms with Gasteiger partial charge in [0.05, 0.1) is 12.7 Å². The number of nitrogens with two attached hydrogens (primary N) is 1. The number of aryl methyl sites for hydroxylation is 1. The van der Waals surface area contributed by atoms with Crippen molar-refractivity contribution in [2.45, 2.75) is 20.0 Å². The molecule has 6 nitrogen and oxygen atoms in total. The Kier molecular flexibility index (Phi) is 2.28. The standard InChI is InChI=1S/C8H11N5O/c1-6-3-10-13(4-6)5-7-11-8(2-9)14-12-7/h3-4H,2,5,9H2,1H3. The molecule has 2 rings (SSSR count). The van der Waals surface area contributed by atoms with Crippen LogP contribution >= 0.6 is 0 Å². The van der Waals surface area contributed by atoms with Gasteiger partial charge in [-0.05, 0) is 12.5 Å². The van der Waals surface area contributed by atoms with Crippen molar-refractivity contribution in [2.24, 2.45) is 5.73 Å². The number of rotatable bonds is 3. The lowest BCUT2D eigenvalue weighted by Crippen LogP contribution is -2.02. The van der Waals surface area contributed by atoms with Crippen LogP contribution in [0.15, 0.2) is 16.9 Å². The molecule has 0 fully saturated rings. The van der Waals surface area contributed by atoms with E-state index in [0.717, 1.165) is 5.56 Å². The van der Waals surface area contributed by atoms with Crippen LogP contribution in [-0.2, 0) is 13.1 Å². The molecule has 2 heterocycles. The lowest BCUT2D eigenvalue weighted by Gasteiger charge is -1.93. The molecule has 0 saturated carbocycles. The van der Waals surface area contributed by atoms with Crippen molar-refractivity contribution >= 4 is 0 Å². The summed E-state index contributed by atoms with van der Waals surface area (Å²) in [5.41, 5.74) is 6.45. The van der Waals surface area contributed by atoms with Crippen molar-refractivity contribution in [2.75, 3.05) is 0 Å². The van der Waals surface area contributed by atoms with E-state index < -0.39 is 0 Å². The summed E-state index contributed by atoms with van der Waals surface area (Å²) >= 11 is 0. The van der Waals surface area contributed by atoms with Gasteiger partial charge in [-0.1, -0.05) is 5.16 Å². The first-order valence-corrected chi connectivity index (χ1v) is 4.28. The highest BCUT2D eigenvalue weighted by Gasteiger charge is 2.05. The van der Waals surface area contributed by atoms with Crippen LogP contribution < -0.4 is 5.73 Å². The van der Waals surface area contributed by atoms with Crippen molar-refractivity contribution in [1.29, 1.82) is 0 Å². The quantitative estimate of drug-likeness (QED) is 0.746. The minimum absolute atomic E-state index is 0.269. The molecule has 0 aliphatic heterocycles. The van der Waals surface area contributed by atoms with Gasteiger partial charge in [0.15, 0.2) is 5.82 Å². The molecule has 0 unspecified atom stereocenters. The van der Waals surface area contributed by atoms with Crippen LogP contribution in [0, 0.1) is 6.92 Å². The molecular weight excluding hydrogens is 182 g/mol. The maximum atomic E-state index is 5.34. The molecule has 0 aliphatic rings. The van der Waals surface area contributed by atoms with E-state index in [0.29, 0.717) is 18.3 Å². The highest BCUT2D eigenvalue weighted by molar-refractivity contribution is 5.00. The van der Waals surface area contributed by atoms with Gasteiger partial charge in [0, 0.05) is 6.20 Å². The molecule has 0 amide bonds. The van der Waals surface area contributed by atoms with Gasteiger partial charge in [-0.15, -0.1) is 0 Å². The third-order valence-corrected chi connectivity index (χ3v) is 1.75. The zero-order valence-corrected chi connectivity index (χ0v) is 7.84. The van der Waals surface area contributed by atoms with E-state index in [1.807, 2.05) is 13.1 Å². The second-order valence-electron chi connectivity index (χ2n) is 3.02. The fourth-order valence-corrected chi connectivity index (χ4v) is 1.14. The Balaban J connectivity index is 2.10. The van der Waals surface area contributed by atoms with Gasteiger partial charge < -0.3 is 10.3 Å². The fraction of sp³-hybridized carbons (Fsp3) is 0.375. The van der Waals surface area contributed by atoms with Crippen LogP contribution in [-0.4, -0.2) is 19.9 Å². The summed E-state index contributed by atoms with van der Waals surface area (Å²) in [6.45, 7) is 2.76. The third kappa shape index (κ3) is 1.80. The molecule has 2 aromatic heterocycles. The average molecular weight is 193 g/mol. The molecule has 0 spiro atoms. The molecule has 0 radical (unpaired) electrons. The first-order valence-electron chi connectivity index (χ1n) is 4.28. The summed E-state index contributed by atoms with van der Waals surface area (Å²) in [6, 6.07) is 0. The first kappa shape index (κ1) is 8.89. The smallest absolute Gasteiger partial charge is 0.240 e. The van der Waals surface area contributed by atoms with Crippen LogP contribution in [0.1, 0.15) is 17.3 Å². The Morgan fingerprint density at radius 3 is 3.00 bits per heavy atom. The normalized spacial score (nSPS) is 10.7. The monoisotopic (exact) mass is 193 g/mol. The summed E-state index contributed by atoms with van der Waals surface area (Å²) in [5.74, 6) is 1.04. The van der Waals surface area contributed by atoms with Crippen LogP contribution in [0.4, 0.5) is 0 Å². The van der Waals surface area contributed by atoms with Crippen molar-refractivity contribution in [3.05, 3.63) is 29.7 Å². The number of hydrogen-bond acceptors (Lipinski definition) is 5. The van der Waals surface area contributed by atoms with E-state index in [9.17, 15) is 0 Å². The zero-order valence-electron chi connectivity index (χ0n) is 7.84. The summed E-state index contributed by atoms with van der Waals surface area (Å²) < 4.78 is 6.62. The molecule has 0 aromatic carbocycles. The molecule has 2 N–H and O–H groups in total. The lowest BCUT2D eigenvalue weighted by atomic mass is 10.4. The molecule has 0 aliphatic carbocycles. The molecule has 0 atom stereocenters. The van der Waals surface area contributed by atoms with Gasteiger partial charge in [0.2, 0.25) is 5.89 Å². The van der Waals surface area contributed by atoms with E-state index in [4.69, 9.17) is 10.3 Å². The summed E-state index contributed by atoms with van der Waals surface area (Å²) in [6.07, 6.45) is 3.70. The summed E-state index contributed by atoms with van der Waals surface area (Å²) in [4.78, 5) is 4.07. The van der Waals surface area contributed by atoms with Gasteiger partial charge in [-0.2, -0.15) is 10.1 Å². The highest BCUT2D eigenvalue weighted by atomic mass is 16.5. The molecule has 2 aromatic rings. The SMILES string of the molecule is Cc1cnn(Cc2noc(CN)n2)c1. The predicted molar refractivity (Wildman–Crippen MR) is 48.3 cm³/mol. The molecule has 0 saturated heterocycles. The predicted octanol–water partition coefficient (Wildman–Crippen LogP) is 0.0815. The second kappa shape index (κ2) is 3.59. The maximum Gasteiger partial charge on any atom is 0.240 e. The van der Waals surface area contributed by atoms with E-state index in [2.05, 4.69) is 15.2 Å². The van der Waals surface area contributed by atoms with Crippen molar-refractivity contribution in [1.82, 2.24) is 19.9 Å². The topological polar surface area (TPSA) is 82.8 Å². The van der Waals surface area contributed by atoms with Crippen LogP contribution in [0.5, 0.6) is 0 Å².